The molecule has 0 aromatic carbocycles. The van der Waals surface area contributed by atoms with Crippen LogP contribution in [0.2, 0.25) is 0 Å². The molecule has 0 saturated carbocycles. The molecule has 1 aliphatic heterocycles. The number of hydrogen-bond acceptors (Lipinski definition) is 3. The number of nitrogens with one attached hydrogen (secondary N) is 1. The van der Waals surface area contributed by atoms with Crippen LogP contribution in [0.3, 0.4) is 0 Å². The Kier molecular flexibility index (Phi) is 3.53. The van der Waals surface area contributed by atoms with Gasteiger partial charge in [-0.1, -0.05) is 6.92 Å². The summed E-state index contributed by atoms with van der Waals surface area (Å²) < 4.78 is 5.49. The number of esters is 1. The summed E-state index contributed by atoms with van der Waals surface area (Å²) in [6, 6.07) is 0. The normalized spacial score (nSPS) is 28.6. The van der Waals surface area contributed by atoms with Gasteiger partial charge in [0.1, 0.15) is 6.10 Å². The van der Waals surface area contributed by atoms with E-state index in [1.165, 1.54) is 0 Å². The van der Waals surface area contributed by atoms with E-state index in [1.807, 2.05) is 20.8 Å². The van der Waals surface area contributed by atoms with Gasteiger partial charge in [0, 0.05) is 12.5 Å². The smallest absolute Gasteiger partial charge is 0.311 e. The largest absolute Gasteiger partial charge is 0.462 e. The lowest BCUT2D eigenvalue weighted by molar-refractivity contribution is -0.162. The third-order valence-corrected chi connectivity index (χ3v) is 2.58. The molecule has 0 aromatic rings. The fourth-order valence-corrected chi connectivity index (χ4v) is 1.48. The van der Waals surface area contributed by atoms with Crippen LogP contribution in [-0.4, -0.2) is 25.2 Å². The Morgan fingerprint density at radius 1 is 1.43 bits per heavy atom. The highest BCUT2D eigenvalue weighted by atomic mass is 16.5. The summed E-state index contributed by atoms with van der Waals surface area (Å²) >= 11 is 0. The minimum atomic E-state index is -0.384. The van der Waals surface area contributed by atoms with Gasteiger partial charge in [-0.05, 0) is 33.7 Å². The topological polar surface area (TPSA) is 38.3 Å². The molecule has 3 heteroatoms. The van der Waals surface area contributed by atoms with Crippen LogP contribution in [0.15, 0.2) is 0 Å². The van der Waals surface area contributed by atoms with Crippen molar-refractivity contribution in [1.29, 1.82) is 0 Å². The number of rotatable bonds is 1. The molecular formula is C11H21NO2. The Morgan fingerprint density at radius 2 is 2.07 bits per heavy atom. The van der Waals surface area contributed by atoms with Crippen LogP contribution >= 0.6 is 0 Å². The third kappa shape index (κ3) is 2.98. The molecule has 1 unspecified atom stereocenters. The molecule has 0 amide bonds. The molecule has 1 N–H and O–H groups in total. The zero-order valence-corrected chi connectivity index (χ0v) is 9.59. The first kappa shape index (κ1) is 11.5. The highest BCUT2D eigenvalue weighted by molar-refractivity contribution is 5.75. The van der Waals surface area contributed by atoms with Gasteiger partial charge in [-0.2, -0.15) is 0 Å². The maximum atomic E-state index is 11.6. The van der Waals surface area contributed by atoms with Crippen molar-refractivity contribution in [1.82, 2.24) is 5.32 Å². The van der Waals surface area contributed by atoms with Crippen molar-refractivity contribution in [3.05, 3.63) is 0 Å². The summed E-state index contributed by atoms with van der Waals surface area (Å²) in [5, 5.41) is 3.29. The Morgan fingerprint density at radius 3 is 2.57 bits per heavy atom. The molecule has 3 nitrogen and oxygen atoms in total. The highest BCUT2D eigenvalue weighted by Gasteiger charge is 2.30. The Balaban J connectivity index is 2.46. The van der Waals surface area contributed by atoms with Crippen LogP contribution in [0.5, 0.6) is 0 Å². The lowest BCUT2D eigenvalue weighted by Crippen LogP contribution is -2.42. The Hall–Kier alpha value is -0.570. The second-order valence-electron chi connectivity index (χ2n) is 5.16. The van der Waals surface area contributed by atoms with Crippen molar-refractivity contribution < 1.29 is 9.53 Å². The molecule has 1 aliphatic rings. The fraction of sp³-hybridized carbons (Fsp3) is 0.909. The number of piperidine rings is 1. The predicted octanol–water partition coefficient (Wildman–Crippen LogP) is 1.57. The first-order valence-corrected chi connectivity index (χ1v) is 5.33. The van der Waals surface area contributed by atoms with Gasteiger partial charge < -0.3 is 10.1 Å². The molecule has 1 saturated heterocycles. The standard InChI is InChI=1S/C11H21NO2/c1-8-7-12-6-5-9(8)14-10(13)11(2,3)4/h8-9,12H,5-7H2,1-4H3/t8-,9?/m0/s1. The van der Waals surface area contributed by atoms with Crippen molar-refractivity contribution in [2.75, 3.05) is 13.1 Å². The van der Waals surface area contributed by atoms with Gasteiger partial charge in [0.05, 0.1) is 5.41 Å². The average Bonchev–Trinajstić information content (AvgIpc) is 2.07. The van der Waals surface area contributed by atoms with Crippen LogP contribution in [0, 0.1) is 11.3 Å². The van der Waals surface area contributed by atoms with E-state index in [9.17, 15) is 4.79 Å². The van der Waals surface area contributed by atoms with E-state index in [0.717, 1.165) is 19.5 Å². The zero-order chi connectivity index (χ0) is 10.8. The summed E-state index contributed by atoms with van der Waals surface area (Å²) in [5.41, 5.74) is -0.384. The maximum Gasteiger partial charge on any atom is 0.311 e. The van der Waals surface area contributed by atoms with Gasteiger partial charge in [0.15, 0.2) is 0 Å². The van der Waals surface area contributed by atoms with E-state index in [2.05, 4.69) is 12.2 Å². The van der Waals surface area contributed by atoms with E-state index in [4.69, 9.17) is 4.74 Å². The molecule has 14 heavy (non-hydrogen) atoms. The second kappa shape index (κ2) is 4.30. The summed E-state index contributed by atoms with van der Waals surface area (Å²) in [6.07, 6.45) is 1.03. The third-order valence-electron chi connectivity index (χ3n) is 2.58. The maximum absolute atomic E-state index is 11.6. The number of carbonyl (C=O) groups is 1. The van der Waals surface area contributed by atoms with Crippen LogP contribution in [-0.2, 0) is 9.53 Å². The van der Waals surface area contributed by atoms with Gasteiger partial charge in [0.2, 0.25) is 0 Å². The van der Waals surface area contributed by atoms with E-state index < -0.39 is 0 Å². The van der Waals surface area contributed by atoms with E-state index in [-0.39, 0.29) is 17.5 Å². The quantitative estimate of drug-likeness (QED) is 0.651. The van der Waals surface area contributed by atoms with E-state index in [1.54, 1.807) is 0 Å². The van der Waals surface area contributed by atoms with E-state index in [0.29, 0.717) is 5.92 Å². The minimum Gasteiger partial charge on any atom is -0.462 e. The molecule has 2 atom stereocenters. The number of ether oxygens (including phenoxy) is 1. The first-order valence-electron chi connectivity index (χ1n) is 5.33. The second-order valence-corrected chi connectivity index (χ2v) is 5.16. The molecule has 1 heterocycles. The number of carbonyl (C=O) groups excluding carboxylic acids is 1. The average molecular weight is 199 g/mol. The van der Waals surface area contributed by atoms with Crippen molar-refractivity contribution in [3.8, 4) is 0 Å². The molecule has 0 radical (unpaired) electrons. The van der Waals surface area contributed by atoms with Gasteiger partial charge in [0.25, 0.3) is 0 Å². The molecule has 82 valence electrons. The lowest BCUT2D eigenvalue weighted by Gasteiger charge is -2.31. The van der Waals surface area contributed by atoms with Crippen molar-refractivity contribution in [3.63, 3.8) is 0 Å². The molecule has 1 fully saturated rings. The zero-order valence-electron chi connectivity index (χ0n) is 9.59. The summed E-state index contributed by atoms with van der Waals surface area (Å²) in [4.78, 5) is 11.6. The molecule has 0 aromatic heterocycles. The first-order chi connectivity index (χ1) is 6.41. The molecular weight excluding hydrogens is 178 g/mol. The number of hydrogen-bond donors (Lipinski definition) is 1. The summed E-state index contributed by atoms with van der Waals surface area (Å²) in [5.74, 6) is 0.339. The van der Waals surface area contributed by atoms with E-state index >= 15 is 0 Å². The van der Waals surface area contributed by atoms with Crippen molar-refractivity contribution in [2.45, 2.75) is 40.2 Å². The molecule has 0 aliphatic carbocycles. The lowest BCUT2D eigenvalue weighted by atomic mass is 9.95. The van der Waals surface area contributed by atoms with Crippen LogP contribution < -0.4 is 5.32 Å². The van der Waals surface area contributed by atoms with Crippen LogP contribution in [0.1, 0.15) is 34.1 Å². The molecule has 0 bridgehead atoms. The highest BCUT2D eigenvalue weighted by Crippen LogP contribution is 2.21. The Bertz CT molecular complexity index is 208. The monoisotopic (exact) mass is 199 g/mol. The van der Waals surface area contributed by atoms with Crippen LogP contribution in [0.25, 0.3) is 0 Å². The predicted molar refractivity (Wildman–Crippen MR) is 56.0 cm³/mol. The Labute approximate surface area is 86.2 Å². The van der Waals surface area contributed by atoms with Gasteiger partial charge in [-0.25, -0.2) is 0 Å². The fourth-order valence-electron chi connectivity index (χ4n) is 1.48. The van der Waals surface area contributed by atoms with Crippen LogP contribution in [0.4, 0.5) is 0 Å². The molecule has 0 spiro atoms. The van der Waals surface area contributed by atoms with Crippen molar-refractivity contribution >= 4 is 5.97 Å². The van der Waals surface area contributed by atoms with Crippen molar-refractivity contribution in [2.24, 2.45) is 11.3 Å². The van der Waals surface area contributed by atoms with Gasteiger partial charge in [-0.15, -0.1) is 0 Å². The van der Waals surface area contributed by atoms with Gasteiger partial charge in [-0.3, -0.25) is 4.79 Å². The SMILES string of the molecule is C[C@H]1CNCCC1OC(=O)C(C)(C)C. The molecule has 1 rings (SSSR count). The minimum absolute atomic E-state index is 0.0868. The summed E-state index contributed by atoms with van der Waals surface area (Å²) in [6.45, 7) is 9.69. The summed E-state index contributed by atoms with van der Waals surface area (Å²) in [7, 11) is 0. The van der Waals surface area contributed by atoms with Gasteiger partial charge >= 0.3 is 5.97 Å².